The summed E-state index contributed by atoms with van der Waals surface area (Å²) in [5.74, 6) is 0.639. The molecule has 1 aromatic carbocycles. The van der Waals surface area contributed by atoms with Crippen LogP contribution in [0.3, 0.4) is 0 Å². The number of anilines is 1. The summed E-state index contributed by atoms with van der Waals surface area (Å²) in [6.07, 6.45) is 0. The summed E-state index contributed by atoms with van der Waals surface area (Å²) >= 11 is 0. The lowest BCUT2D eigenvalue weighted by atomic mass is 9.95. The summed E-state index contributed by atoms with van der Waals surface area (Å²) in [5.41, 5.74) is 0.509. The molecule has 106 valence electrons. The summed E-state index contributed by atoms with van der Waals surface area (Å²) in [6, 6.07) is 7.15. The van der Waals surface area contributed by atoms with E-state index in [0.29, 0.717) is 6.54 Å². The van der Waals surface area contributed by atoms with E-state index in [4.69, 9.17) is 9.84 Å². The molecule has 0 atom stereocenters. The molecule has 1 rings (SSSR count). The Morgan fingerprint density at radius 2 is 1.95 bits per heavy atom. The van der Waals surface area contributed by atoms with Crippen LogP contribution < -0.4 is 15.4 Å². The van der Waals surface area contributed by atoms with Gasteiger partial charge in [-0.05, 0) is 24.3 Å². The highest BCUT2D eigenvalue weighted by molar-refractivity contribution is 5.92. The van der Waals surface area contributed by atoms with Crippen LogP contribution in [0.1, 0.15) is 13.8 Å². The van der Waals surface area contributed by atoms with E-state index in [1.54, 1.807) is 31.4 Å². The minimum Gasteiger partial charge on any atom is -0.497 e. The fourth-order valence-corrected chi connectivity index (χ4v) is 1.45. The standard InChI is InChI=1S/C14H22N2O3/c1-14(2,10-17)9-15-8-13(18)16-11-4-6-12(19-3)7-5-11/h4-7,15,17H,8-10H2,1-3H3,(H,16,18). The molecule has 0 saturated carbocycles. The van der Waals surface area contributed by atoms with E-state index in [9.17, 15) is 4.79 Å². The van der Waals surface area contributed by atoms with Crippen molar-refractivity contribution in [2.24, 2.45) is 5.41 Å². The van der Waals surface area contributed by atoms with Crippen molar-refractivity contribution in [3.63, 3.8) is 0 Å². The smallest absolute Gasteiger partial charge is 0.238 e. The van der Waals surface area contributed by atoms with Gasteiger partial charge in [0.05, 0.1) is 13.7 Å². The Morgan fingerprint density at radius 3 is 2.47 bits per heavy atom. The molecule has 0 saturated heterocycles. The molecule has 0 spiro atoms. The molecule has 0 radical (unpaired) electrons. The van der Waals surface area contributed by atoms with E-state index in [1.807, 2.05) is 13.8 Å². The van der Waals surface area contributed by atoms with E-state index < -0.39 is 0 Å². The third kappa shape index (κ3) is 5.72. The second kappa shape index (κ2) is 7.11. The second-order valence-electron chi connectivity index (χ2n) is 5.20. The van der Waals surface area contributed by atoms with E-state index in [2.05, 4.69) is 10.6 Å². The van der Waals surface area contributed by atoms with Gasteiger partial charge in [0.2, 0.25) is 5.91 Å². The van der Waals surface area contributed by atoms with Crippen molar-refractivity contribution in [3.8, 4) is 5.75 Å². The summed E-state index contributed by atoms with van der Waals surface area (Å²) in [5, 5.41) is 14.9. The molecule has 3 N–H and O–H groups in total. The zero-order chi connectivity index (χ0) is 14.3. The van der Waals surface area contributed by atoms with Crippen LogP contribution >= 0.6 is 0 Å². The molecule has 19 heavy (non-hydrogen) atoms. The van der Waals surface area contributed by atoms with Gasteiger partial charge in [0.1, 0.15) is 5.75 Å². The second-order valence-corrected chi connectivity index (χ2v) is 5.20. The normalized spacial score (nSPS) is 11.2. The van der Waals surface area contributed by atoms with Gasteiger partial charge in [0.15, 0.2) is 0 Å². The van der Waals surface area contributed by atoms with Gasteiger partial charge in [0, 0.05) is 24.3 Å². The van der Waals surface area contributed by atoms with Crippen LogP contribution in [0.5, 0.6) is 5.75 Å². The quantitative estimate of drug-likeness (QED) is 0.694. The van der Waals surface area contributed by atoms with Crippen molar-refractivity contribution >= 4 is 11.6 Å². The zero-order valence-electron chi connectivity index (χ0n) is 11.7. The third-order valence-electron chi connectivity index (χ3n) is 2.69. The summed E-state index contributed by atoms with van der Waals surface area (Å²) in [4.78, 5) is 11.7. The molecule has 0 bridgehead atoms. The molecule has 0 heterocycles. The molecule has 5 heteroatoms. The zero-order valence-corrected chi connectivity index (χ0v) is 11.7. The first kappa shape index (κ1) is 15.5. The van der Waals surface area contributed by atoms with Crippen LogP contribution in [0.25, 0.3) is 0 Å². The first-order chi connectivity index (χ1) is 8.96. The number of ether oxygens (including phenoxy) is 1. The SMILES string of the molecule is COc1ccc(NC(=O)CNCC(C)(C)CO)cc1. The topological polar surface area (TPSA) is 70.6 Å². The molecule has 0 aromatic heterocycles. The van der Waals surface area contributed by atoms with Crippen LogP contribution in [0.2, 0.25) is 0 Å². The lowest BCUT2D eigenvalue weighted by molar-refractivity contribution is -0.115. The average Bonchev–Trinajstić information content (AvgIpc) is 2.39. The first-order valence-electron chi connectivity index (χ1n) is 6.22. The Hall–Kier alpha value is -1.59. The third-order valence-corrected chi connectivity index (χ3v) is 2.69. The summed E-state index contributed by atoms with van der Waals surface area (Å²) in [7, 11) is 1.60. The van der Waals surface area contributed by atoms with Crippen LogP contribution in [0, 0.1) is 5.41 Å². The van der Waals surface area contributed by atoms with Gasteiger partial charge in [-0.2, -0.15) is 0 Å². The number of aliphatic hydroxyl groups excluding tert-OH is 1. The first-order valence-corrected chi connectivity index (χ1v) is 6.22. The minimum absolute atomic E-state index is 0.0834. The fourth-order valence-electron chi connectivity index (χ4n) is 1.45. The molecule has 0 aliphatic heterocycles. The number of carbonyl (C=O) groups is 1. The molecule has 0 fully saturated rings. The maximum atomic E-state index is 11.7. The highest BCUT2D eigenvalue weighted by atomic mass is 16.5. The average molecular weight is 266 g/mol. The Bertz CT molecular complexity index is 402. The number of carbonyl (C=O) groups excluding carboxylic acids is 1. The number of benzene rings is 1. The predicted octanol–water partition coefficient (Wildman–Crippen LogP) is 1.24. The number of rotatable bonds is 7. The molecule has 0 unspecified atom stereocenters. The molecular formula is C14H22N2O3. The van der Waals surface area contributed by atoms with Crippen LogP contribution in [0.4, 0.5) is 5.69 Å². The molecule has 0 aliphatic carbocycles. The van der Waals surface area contributed by atoms with Gasteiger partial charge in [0.25, 0.3) is 0 Å². The highest BCUT2D eigenvalue weighted by Crippen LogP contribution is 2.15. The van der Waals surface area contributed by atoms with Gasteiger partial charge < -0.3 is 20.5 Å². The monoisotopic (exact) mass is 266 g/mol. The van der Waals surface area contributed by atoms with Crippen LogP contribution in [-0.4, -0.2) is 37.8 Å². The van der Waals surface area contributed by atoms with Crippen LogP contribution in [-0.2, 0) is 4.79 Å². The predicted molar refractivity (Wildman–Crippen MR) is 75.4 cm³/mol. The van der Waals surface area contributed by atoms with Crippen molar-refractivity contribution in [2.45, 2.75) is 13.8 Å². The van der Waals surface area contributed by atoms with Gasteiger partial charge in [-0.3, -0.25) is 4.79 Å². The molecular weight excluding hydrogens is 244 g/mol. The Labute approximate surface area is 114 Å². The molecule has 1 aromatic rings. The molecule has 1 amide bonds. The number of amides is 1. The minimum atomic E-state index is -0.222. The number of methoxy groups -OCH3 is 1. The lowest BCUT2D eigenvalue weighted by Gasteiger charge is -2.21. The Morgan fingerprint density at radius 1 is 1.32 bits per heavy atom. The van der Waals surface area contributed by atoms with E-state index in [-0.39, 0.29) is 24.5 Å². The van der Waals surface area contributed by atoms with Crippen molar-refractivity contribution in [3.05, 3.63) is 24.3 Å². The Balaban J connectivity index is 2.34. The van der Waals surface area contributed by atoms with Crippen molar-refractivity contribution in [1.82, 2.24) is 5.32 Å². The van der Waals surface area contributed by atoms with E-state index in [0.717, 1.165) is 11.4 Å². The molecule has 0 aliphatic rings. The van der Waals surface area contributed by atoms with Crippen molar-refractivity contribution in [1.29, 1.82) is 0 Å². The largest absolute Gasteiger partial charge is 0.497 e. The van der Waals surface area contributed by atoms with Crippen LogP contribution in [0.15, 0.2) is 24.3 Å². The van der Waals surface area contributed by atoms with Gasteiger partial charge in [-0.15, -0.1) is 0 Å². The molecule has 5 nitrogen and oxygen atoms in total. The van der Waals surface area contributed by atoms with Gasteiger partial charge in [-0.1, -0.05) is 13.8 Å². The van der Waals surface area contributed by atoms with E-state index in [1.165, 1.54) is 0 Å². The maximum Gasteiger partial charge on any atom is 0.238 e. The van der Waals surface area contributed by atoms with Crippen molar-refractivity contribution in [2.75, 3.05) is 32.1 Å². The Kier molecular flexibility index (Phi) is 5.79. The lowest BCUT2D eigenvalue weighted by Crippen LogP contribution is -2.36. The summed E-state index contributed by atoms with van der Waals surface area (Å²) in [6.45, 7) is 4.75. The van der Waals surface area contributed by atoms with E-state index >= 15 is 0 Å². The van der Waals surface area contributed by atoms with Gasteiger partial charge in [-0.25, -0.2) is 0 Å². The fraction of sp³-hybridized carbons (Fsp3) is 0.500. The number of hydrogen-bond acceptors (Lipinski definition) is 4. The van der Waals surface area contributed by atoms with Crippen molar-refractivity contribution < 1.29 is 14.6 Å². The maximum absolute atomic E-state index is 11.7. The summed E-state index contributed by atoms with van der Waals surface area (Å²) < 4.78 is 5.04. The number of nitrogens with one attached hydrogen (secondary N) is 2. The number of hydrogen-bond donors (Lipinski definition) is 3. The van der Waals surface area contributed by atoms with Gasteiger partial charge >= 0.3 is 0 Å². The number of aliphatic hydroxyl groups is 1. The highest BCUT2D eigenvalue weighted by Gasteiger charge is 2.16.